The van der Waals surface area contributed by atoms with Crippen LogP contribution < -0.4 is 75.7 Å². The molecule has 0 aliphatic carbocycles. The molecule has 0 saturated carbocycles. The average molecular weight is 1370 g/mol. The first-order chi connectivity index (χ1) is 43.9. The lowest BCUT2D eigenvalue weighted by Crippen LogP contribution is -2.61. The van der Waals surface area contributed by atoms with Crippen molar-refractivity contribution >= 4 is 124 Å². The van der Waals surface area contributed by atoms with E-state index in [1.807, 2.05) is 0 Å². The van der Waals surface area contributed by atoms with Gasteiger partial charge >= 0.3 is 0 Å². The highest BCUT2D eigenvalue weighted by Gasteiger charge is 2.41. The van der Waals surface area contributed by atoms with Gasteiger partial charge in [-0.1, -0.05) is 46.2 Å². The van der Waals surface area contributed by atoms with Crippen LogP contribution >= 0.6 is 35.1 Å². The van der Waals surface area contributed by atoms with E-state index in [1.165, 1.54) is 24.3 Å². The van der Waals surface area contributed by atoms with Gasteiger partial charge in [0, 0.05) is 50.5 Å². The molecule has 0 spiro atoms. The van der Waals surface area contributed by atoms with Crippen molar-refractivity contribution in [3.05, 3.63) is 29.8 Å². The number of likely N-dealkylation sites (tertiary alicyclic amines) is 1. The molecule has 0 aromatic heterocycles. The van der Waals surface area contributed by atoms with Crippen molar-refractivity contribution in [2.24, 2.45) is 29.0 Å². The fraction of sp³-hybridized carbons (Fsp3) is 0.638. The number of carbonyl (C=O) groups excluding carboxylic acids is 15. The maximum atomic E-state index is 14.8. The maximum Gasteiger partial charge on any atom is 0.246 e. The molecule has 1 aromatic carbocycles. The third-order valence-electron chi connectivity index (χ3n) is 14.8. The third-order valence-corrected chi connectivity index (χ3v) is 17.1. The first-order valence-corrected chi connectivity index (χ1v) is 33.3. The summed E-state index contributed by atoms with van der Waals surface area (Å²) in [4.78, 5) is 206. The quantitative estimate of drug-likeness (QED) is 0.0360. The Morgan fingerprint density at radius 1 is 0.699 bits per heavy atom. The molecule has 2 saturated heterocycles. The molecule has 0 bridgehead atoms. The molecular formula is C58H91ClN16O16S2. The first-order valence-electron chi connectivity index (χ1n) is 30.5. The number of nitrogens with two attached hydrogens (primary N) is 3. The number of halogens is 1. The lowest BCUT2D eigenvalue weighted by atomic mass is 9.96. The number of benzene rings is 1. The van der Waals surface area contributed by atoms with Crippen LogP contribution in [0, 0.1) is 11.8 Å². The van der Waals surface area contributed by atoms with Crippen molar-refractivity contribution in [1.29, 1.82) is 0 Å². The molecule has 3 rings (SSSR count). The number of likely N-dealkylation sites (N-methyl/N-ethyl adjacent to an activating group) is 1. The van der Waals surface area contributed by atoms with Crippen LogP contribution in [-0.2, 0) is 78.3 Å². The summed E-state index contributed by atoms with van der Waals surface area (Å²) in [5, 5.41) is 38.5. The van der Waals surface area contributed by atoms with Crippen LogP contribution in [0.15, 0.2) is 24.3 Å². The van der Waals surface area contributed by atoms with E-state index in [0.717, 1.165) is 28.4 Å². The van der Waals surface area contributed by atoms with E-state index in [-0.39, 0.29) is 112 Å². The van der Waals surface area contributed by atoms with Gasteiger partial charge in [-0.2, -0.15) is 0 Å². The number of phenolic OH excluding ortho intramolecular Hbond substituents is 1. The van der Waals surface area contributed by atoms with Gasteiger partial charge in [0.15, 0.2) is 0 Å². The number of nitrogens with one attached hydrogen (secondary N) is 11. The van der Waals surface area contributed by atoms with E-state index in [0.29, 0.717) is 5.56 Å². The minimum Gasteiger partial charge on any atom is -0.508 e. The number of hydrogen-bond donors (Lipinski definition) is 15. The van der Waals surface area contributed by atoms with Crippen molar-refractivity contribution < 1.29 is 77.0 Å². The predicted molar refractivity (Wildman–Crippen MR) is 345 cm³/mol. The van der Waals surface area contributed by atoms with Gasteiger partial charge in [-0.15, -0.1) is 35.1 Å². The topological polar surface area (TPSA) is 493 Å². The van der Waals surface area contributed by atoms with Crippen LogP contribution in [0.25, 0.3) is 0 Å². The molecule has 15 amide bonds. The van der Waals surface area contributed by atoms with Gasteiger partial charge in [0.25, 0.3) is 0 Å². The number of rotatable bonds is 23. The Morgan fingerprint density at radius 3 is 1.95 bits per heavy atom. The molecule has 1 aromatic rings. The summed E-state index contributed by atoms with van der Waals surface area (Å²) in [5.41, 5.74) is 16.8. The van der Waals surface area contributed by atoms with E-state index in [2.05, 4.69) is 58.5 Å². The second kappa shape index (κ2) is 40.9. The van der Waals surface area contributed by atoms with E-state index in [4.69, 9.17) is 28.8 Å². The molecule has 32 nitrogen and oxygen atoms in total. The van der Waals surface area contributed by atoms with Gasteiger partial charge in [-0.05, 0) is 82.2 Å². The first kappa shape index (κ1) is 79.3. The summed E-state index contributed by atoms with van der Waals surface area (Å²) in [6.07, 6.45) is -1.25. The summed E-state index contributed by atoms with van der Waals surface area (Å²) in [6.45, 7) is 6.27. The Balaban J connectivity index is 2.15. The van der Waals surface area contributed by atoms with Crippen LogP contribution in [0.4, 0.5) is 0 Å². The van der Waals surface area contributed by atoms with Crippen molar-refractivity contribution in [3.63, 3.8) is 0 Å². The van der Waals surface area contributed by atoms with E-state index >= 15 is 0 Å². The summed E-state index contributed by atoms with van der Waals surface area (Å²) in [6, 6.07) is -6.88. The largest absolute Gasteiger partial charge is 0.508 e. The number of thioether (sulfide) groups is 2. The molecule has 35 heteroatoms. The van der Waals surface area contributed by atoms with Crippen LogP contribution in [0.5, 0.6) is 5.75 Å². The standard InChI is InChI=1S/C58H91ClN16O16S2/c1-7-32(4)49-57(90)68-36(16-17-43(60)77)52(85)69-39(24-44(61)78)53(86)72-40(58(91)75-21-9-11-41(75)55(88)70-37(22-31(2)3)51(84)66-26-45(62)79)27-92-29-47(81)63-18-8-10-35(50(83)65-20-19-64-46(80)25-59)67-48(82)30-93-28-42(74(5)6)56(89)71-38(54(87)73-49)23-33-12-14-34(76)15-13-33/h12-15,31-32,35-42,49,76H,7-11,16-30H2,1-6H3,(H2,60,77)(H2,61,78)(H2,62,79)(H,63,81)(H,64,80)(H,65,83)(H,66,84)(H,67,82)(H,68,90)(H,69,85)(H,70,88)(H,71,89)(H,72,86)(H,73,87)/t32-,35+,36-,37-,38-,39-,40-,41-,42-,49-/m0/s1. The molecule has 2 fully saturated rings. The molecule has 93 heavy (non-hydrogen) atoms. The number of amides is 15. The number of phenols is 1. The number of carbonyl (C=O) groups is 15. The van der Waals surface area contributed by atoms with Crippen molar-refractivity contribution in [3.8, 4) is 5.75 Å². The van der Waals surface area contributed by atoms with Crippen LogP contribution in [0.1, 0.15) is 91.0 Å². The zero-order chi connectivity index (χ0) is 69.5. The number of hydrogen-bond acceptors (Lipinski definition) is 19. The van der Waals surface area contributed by atoms with E-state index < -0.39 is 175 Å². The van der Waals surface area contributed by atoms with Crippen LogP contribution in [0.3, 0.4) is 0 Å². The Morgan fingerprint density at radius 2 is 1.32 bits per heavy atom. The van der Waals surface area contributed by atoms with Gasteiger partial charge in [0.05, 0.1) is 30.5 Å². The van der Waals surface area contributed by atoms with Crippen molar-refractivity contribution in [2.45, 2.75) is 146 Å². The zero-order valence-corrected chi connectivity index (χ0v) is 55.6. The van der Waals surface area contributed by atoms with Gasteiger partial charge in [0.1, 0.15) is 60.0 Å². The lowest BCUT2D eigenvalue weighted by molar-refractivity contribution is -0.142. The predicted octanol–water partition coefficient (Wildman–Crippen LogP) is -5.07. The fourth-order valence-corrected chi connectivity index (χ4v) is 11.7. The number of aromatic hydroxyl groups is 1. The normalized spacial score (nSPS) is 23.0. The monoisotopic (exact) mass is 1370 g/mol. The third kappa shape index (κ3) is 28.8. The van der Waals surface area contributed by atoms with Gasteiger partial charge in [-0.3, -0.25) is 76.8 Å². The molecule has 0 unspecified atom stereocenters. The summed E-state index contributed by atoms with van der Waals surface area (Å²) < 4.78 is 0. The molecule has 2 aliphatic heterocycles. The van der Waals surface area contributed by atoms with E-state index in [9.17, 15) is 77.0 Å². The summed E-state index contributed by atoms with van der Waals surface area (Å²) in [5.74, 6) is -14.6. The van der Waals surface area contributed by atoms with Crippen LogP contribution in [-0.4, -0.2) is 234 Å². The second-order valence-electron chi connectivity index (χ2n) is 23.1. The fourth-order valence-electron chi connectivity index (χ4n) is 9.66. The second-order valence-corrected chi connectivity index (χ2v) is 25.5. The summed E-state index contributed by atoms with van der Waals surface area (Å²) in [7, 11) is 3.19. The highest BCUT2D eigenvalue weighted by molar-refractivity contribution is 8.00. The molecular weight excluding hydrogens is 1280 g/mol. The van der Waals surface area contributed by atoms with Crippen molar-refractivity contribution in [1.82, 2.24) is 68.3 Å². The Bertz CT molecular complexity index is 2810. The maximum absolute atomic E-state index is 14.8. The number of nitrogens with zero attached hydrogens (tertiary/aromatic N) is 2. The number of primary amides is 3. The highest BCUT2D eigenvalue weighted by Crippen LogP contribution is 2.22. The minimum absolute atomic E-state index is 0.00913. The average Bonchev–Trinajstić information content (AvgIpc) is 1.84. The zero-order valence-electron chi connectivity index (χ0n) is 53.2. The Hall–Kier alpha value is -7.98. The van der Waals surface area contributed by atoms with Crippen LogP contribution in [0.2, 0.25) is 0 Å². The molecule has 0 radical (unpaired) electrons. The molecule has 2 heterocycles. The molecule has 2 aliphatic rings. The Kier molecular flexibility index (Phi) is 34.8. The SMILES string of the molecule is CC[C@H](C)[C@@H]1NC(=O)[C@H](Cc2ccc(O)cc2)NC(=O)[C@@H](N(C)C)CSCC(=O)N[C@@H](C(=O)NCCNC(=O)CCl)CCCNC(=O)CSC[C@@H](C(=O)N2CCC[C@H]2C(=O)N[C@@H](CC(C)C)C(=O)NCC(N)=O)NC(=O)[C@H](CC(N)=O)NC(=O)[C@H](CCC(N)=O)NC1=O. The minimum atomic E-state index is -1.90. The molecule has 10 atom stereocenters. The number of alkyl halides is 1. The lowest BCUT2D eigenvalue weighted by Gasteiger charge is -2.31. The van der Waals surface area contributed by atoms with Gasteiger partial charge in [-0.25, -0.2) is 0 Å². The van der Waals surface area contributed by atoms with Gasteiger partial charge < -0.3 is 85.7 Å². The summed E-state index contributed by atoms with van der Waals surface area (Å²) >= 11 is 7.46. The van der Waals surface area contributed by atoms with Gasteiger partial charge in [0.2, 0.25) is 88.6 Å². The van der Waals surface area contributed by atoms with Crippen molar-refractivity contribution in [2.75, 3.05) is 75.7 Å². The highest BCUT2D eigenvalue weighted by atomic mass is 35.5. The molecule has 518 valence electrons. The van der Waals surface area contributed by atoms with E-state index in [1.54, 1.807) is 46.7 Å². The Labute approximate surface area is 553 Å². The molecule has 18 N–H and O–H groups in total. The smallest absolute Gasteiger partial charge is 0.246 e.